The van der Waals surface area contributed by atoms with Crippen molar-refractivity contribution in [3.05, 3.63) is 101 Å². The van der Waals surface area contributed by atoms with Crippen molar-refractivity contribution in [1.82, 2.24) is 15.3 Å². The van der Waals surface area contributed by atoms with Gasteiger partial charge in [-0.2, -0.15) is 0 Å². The summed E-state index contributed by atoms with van der Waals surface area (Å²) < 4.78 is 18.2. The highest BCUT2D eigenvalue weighted by Crippen LogP contribution is 2.34. The molecule has 5 aromatic rings. The van der Waals surface area contributed by atoms with Crippen LogP contribution >= 0.6 is 11.3 Å². The summed E-state index contributed by atoms with van der Waals surface area (Å²) in [6.07, 6.45) is 0. The quantitative estimate of drug-likeness (QED) is 0.279. The van der Waals surface area contributed by atoms with Crippen molar-refractivity contribution in [2.24, 2.45) is 0 Å². The van der Waals surface area contributed by atoms with E-state index in [2.05, 4.69) is 45.6 Å². The molecule has 5 nitrogen and oxygen atoms in total. The Labute approximate surface area is 200 Å². The second-order valence-corrected chi connectivity index (χ2v) is 8.99. The molecule has 0 aliphatic heterocycles. The molecule has 0 aliphatic carbocycles. The van der Waals surface area contributed by atoms with Crippen LogP contribution in [-0.4, -0.2) is 23.0 Å². The summed E-state index contributed by atoms with van der Waals surface area (Å²) in [5, 5.41) is 3.42. The van der Waals surface area contributed by atoms with Gasteiger partial charge in [0.1, 0.15) is 11.6 Å². The van der Waals surface area contributed by atoms with Gasteiger partial charge in [0.25, 0.3) is 0 Å². The normalized spacial score (nSPS) is 11.1. The van der Waals surface area contributed by atoms with Gasteiger partial charge < -0.3 is 15.0 Å². The number of carbonyl (C=O) groups is 1. The van der Waals surface area contributed by atoms with Crippen LogP contribution in [0.5, 0.6) is 0 Å². The van der Waals surface area contributed by atoms with Crippen LogP contribution in [-0.2, 0) is 17.8 Å². The molecule has 2 heterocycles. The number of nitrogens with one attached hydrogen (secondary N) is 2. The summed E-state index contributed by atoms with van der Waals surface area (Å²) in [4.78, 5) is 21.6. The summed E-state index contributed by atoms with van der Waals surface area (Å²) >= 11 is 1.64. The minimum atomic E-state index is -0.330. The first kappa shape index (κ1) is 22.0. The van der Waals surface area contributed by atoms with Crippen molar-refractivity contribution >= 4 is 28.3 Å². The van der Waals surface area contributed by atoms with Crippen molar-refractivity contribution in [1.29, 1.82) is 0 Å². The molecule has 0 aliphatic rings. The number of esters is 1. The second kappa shape index (κ2) is 9.59. The van der Waals surface area contributed by atoms with Crippen molar-refractivity contribution in [2.75, 3.05) is 7.11 Å². The van der Waals surface area contributed by atoms with Crippen molar-refractivity contribution < 1.29 is 13.9 Å². The van der Waals surface area contributed by atoms with E-state index in [1.807, 2.05) is 24.3 Å². The van der Waals surface area contributed by atoms with E-state index in [4.69, 9.17) is 4.74 Å². The molecule has 0 atom stereocenters. The summed E-state index contributed by atoms with van der Waals surface area (Å²) in [5.74, 6) is 0.135. The number of imidazole rings is 1. The molecule has 7 heteroatoms. The van der Waals surface area contributed by atoms with Gasteiger partial charge in [-0.25, -0.2) is 14.2 Å². The SMILES string of the molecule is COC(=O)c1cccc(CNCc2ccc(-c3ccc(-c4nc5ccc(F)cc5[nH]4)s3)cc2)c1. The van der Waals surface area contributed by atoms with Crippen molar-refractivity contribution in [3.63, 3.8) is 0 Å². The van der Waals surface area contributed by atoms with Gasteiger partial charge in [-0.1, -0.05) is 36.4 Å². The van der Waals surface area contributed by atoms with Crippen LogP contribution in [0.4, 0.5) is 4.39 Å². The first-order valence-corrected chi connectivity index (χ1v) is 11.6. The number of rotatable bonds is 7. The Morgan fingerprint density at radius 3 is 2.59 bits per heavy atom. The molecule has 0 fully saturated rings. The van der Waals surface area contributed by atoms with Gasteiger partial charge in [0.05, 0.1) is 28.6 Å². The monoisotopic (exact) mass is 471 g/mol. The Kier molecular flexibility index (Phi) is 6.20. The largest absolute Gasteiger partial charge is 0.465 e. The summed E-state index contributed by atoms with van der Waals surface area (Å²) in [6, 6.07) is 24.5. The molecule has 170 valence electrons. The van der Waals surface area contributed by atoms with Crippen LogP contribution in [0.3, 0.4) is 0 Å². The molecule has 0 saturated carbocycles. The van der Waals surface area contributed by atoms with E-state index < -0.39 is 0 Å². The maximum absolute atomic E-state index is 13.5. The number of H-pyrrole nitrogens is 1. The molecule has 0 amide bonds. The van der Waals surface area contributed by atoms with E-state index in [9.17, 15) is 9.18 Å². The predicted molar refractivity (Wildman–Crippen MR) is 133 cm³/mol. The third-order valence-electron chi connectivity index (χ3n) is 5.53. The smallest absolute Gasteiger partial charge is 0.337 e. The van der Waals surface area contributed by atoms with E-state index in [-0.39, 0.29) is 11.8 Å². The van der Waals surface area contributed by atoms with Crippen LogP contribution in [0.2, 0.25) is 0 Å². The fourth-order valence-electron chi connectivity index (χ4n) is 3.78. The molecule has 3 aromatic carbocycles. The zero-order valence-electron chi connectivity index (χ0n) is 18.5. The number of carbonyl (C=O) groups excluding carboxylic acids is 1. The number of fused-ring (bicyclic) bond motifs is 1. The number of benzene rings is 3. The lowest BCUT2D eigenvalue weighted by atomic mass is 10.1. The number of methoxy groups -OCH3 is 1. The summed E-state index contributed by atoms with van der Waals surface area (Å²) in [7, 11) is 1.38. The molecule has 2 N–H and O–H groups in total. The third-order valence-corrected chi connectivity index (χ3v) is 6.67. The zero-order valence-corrected chi connectivity index (χ0v) is 19.3. The number of halogens is 1. The average Bonchev–Trinajstić information content (AvgIpc) is 3.51. The van der Waals surface area contributed by atoms with Gasteiger partial charge in [0.15, 0.2) is 0 Å². The minimum Gasteiger partial charge on any atom is -0.465 e. The predicted octanol–water partition coefficient (Wildman–Crippen LogP) is 6.17. The zero-order chi connectivity index (χ0) is 23.5. The first-order valence-electron chi connectivity index (χ1n) is 10.8. The Morgan fingerprint density at radius 2 is 1.76 bits per heavy atom. The average molecular weight is 472 g/mol. The molecular weight excluding hydrogens is 449 g/mol. The molecule has 0 unspecified atom stereocenters. The summed E-state index contributed by atoms with van der Waals surface area (Å²) in [5.41, 5.74) is 5.33. The van der Waals surface area contributed by atoms with E-state index in [0.717, 1.165) is 32.2 Å². The number of hydrogen-bond acceptors (Lipinski definition) is 5. The Hall–Kier alpha value is -3.81. The van der Waals surface area contributed by atoms with Crippen LogP contribution < -0.4 is 5.32 Å². The highest BCUT2D eigenvalue weighted by Gasteiger charge is 2.10. The standard InChI is InChI=1S/C27H22FN3O2S/c1-33-27(32)20-4-2-3-18(13-20)16-29-15-17-5-7-19(8-6-17)24-11-12-25(34-24)26-30-22-10-9-21(28)14-23(22)31-26/h2-14,29H,15-16H2,1H3,(H,30,31). The maximum atomic E-state index is 13.5. The van der Waals surface area contributed by atoms with Gasteiger partial charge >= 0.3 is 5.97 Å². The fraction of sp³-hybridized carbons (Fsp3) is 0.111. The number of aromatic amines is 1. The Bertz CT molecular complexity index is 1460. The maximum Gasteiger partial charge on any atom is 0.337 e. The highest BCUT2D eigenvalue weighted by atomic mass is 32.1. The van der Waals surface area contributed by atoms with Crippen LogP contribution in [0.15, 0.2) is 78.9 Å². The van der Waals surface area contributed by atoms with Gasteiger partial charge in [-0.05, 0) is 59.2 Å². The lowest BCUT2D eigenvalue weighted by molar-refractivity contribution is 0.0600. The van der Waals surface area contributed by atoms with Crippen LogP contribution in [0.1, 0.15) is 21.5 Å². The topological polar surface area (TPSA) is 67.0 Å². The van der Waals surface area contributed by atoms with Crippen LogP contribution in [0, 0.1) is 5.82 Å². The van der Waals surface area contributed by atoms with Crippen LogP contribution in [0.25, 0.3) is 32.2 Å². The van der Waals surface area contributed by atoms with Gasteiger partial charge in [-0.3, -0.25) is 0 Å². The number of nitrogens with zero attached hydrogens (tertiary/aromatic N) is 1. The molecule has 34 heavy (non-hydrogen) atoms. The van der Waals surface area contributed by atoms with E-state index in [0.29, 0.717) is 24.2 Å². The fourth-order valence-corrected chi connectivity index (χ4v) is 4.74. The molecule has 0 bridgehead atoms. The van der Waals surface area contributed by atoms with E-state index >= 15 is 0 Å². The Balaban J connectivity index is 1.22. The summed E-state index contributed by atoms with van der Waals surface area (Å²) in [6.45, 7) is 1.37. The molecule has 0 saturated heterocycles. The number of ether oxygens (including phenoxy) is 1. The molecule has 0 spiro atoms. The molecule has 5 rings (SSSR count). The lowest BCUT2D eigenvalue weighted by Gasteiger charge is -2.07. The van der Waals surface area contributed by atoms with Gasteiger partial charge in [-0.15, -0.1) is 11.3 Å². The minimum absolute atomic E-state index is 0.279. The third kappa shape index (κ3) is 4.76. The number of aromatic nitrogens is 2. The lowest BCUT2D eigenvalue weighted by Crippen LogP contribution is -2.13. The highest BCUT2D eigenvalue weighted by molar-refractivity contribution is 7.18. The van der Waals surface area contributed by atoms with Crippen molar-refractivity contribution in [3.8, 4) is 21.1 Å². The van der Waals surface area contributed by atoms with Gasteiger partial charge in [0, 0.05) is 18.0 Å². The molecular formula is C27H22FN3O2S. The van der Waals surface area contributed by atoms with E-state index in [1.165, 1.54) is 24.8 Å². The van der Waals surface area contributed by atoms with E-state index in [1.54, 1.807) is 23.5 Å². The first-order chi connectivity index (χ1) is 16.6. The molecule has 2 aromatic heterocycles. The Morgan fingerprint density at radius 1 is 0.971 bits per heavy atom. The molecule has 0 radical (unpaired) electrons. The number of thiophene rings is 1. The van der Waals surface area contributed by atoms with Crippen molar-refractivity contribution in [2.45, 2.75) is 13.1 Å². The number of hydrogen-bond donors (Lipinski definition) is 2. The second-order valence-electron chi connectivity index (χ2n) is 7.90. The van der Waals surface area contributed by atoms with Gasteiger partial charge in [0.2, 0.25) is 0 Å².